The van der Waals surface area contributed by atoms with Crippen molar-refractivity contribution in [2.75, 3.05) is 26.2 Å². The van der Waals surface area contributed by atoms with Gasteiger partial charge >= 0.3 is 0 Å². The zero-order chi connectivity index (χ0) is 19.8. The number of guanidine groups is 1. The fourth-order valence-electron chi connectivity index (χ4n) is 3.53. The molecule has 3 aromatic heterocycles. The number of amides is 2. The number of hydrogen-bond donors (Lipinski definition) is 2. The average molecular weight is 463 g/mol. The highest BCUT2D eigenvalue weighted by Crippen LogP contribution is 2.21. The first-order valence-corrected chi connectivity index (χ1v) is 9.30. The second kappa shape index (κ2) is 9.23. The first-order chi connectivity index (χ1) is 14.2. The van der Waals surface area contributed by atoms with Gasteiger partial charge < -0.3 is 19.2 Å². The largest absolute Gasteiger partial charge is 0.459 e. The Morgan fingerprint density at radius 1 is 1.13 bits per heavy atom. The molecule has 1 fully saturated rings. The van der Waals surface area contributed by atoms with Gasteiger partial charge in [-0.25, -0.2) is 9.98 Å². The Morgan fingerprint density at radius 3 is 2.68 bits per heavy atom. The number of H-pyrrole nitrogens is 1. The number of furan rings is 1. The van der Waals surface area contributed by atoms with E-state index >= 15 is 0 Å². The maximum atomic E-state index is 12.4. The summed E-state index contributed by atoms with van der Waals surface area (Å²) in [6.07, 6.45) is 6.76. The molecular weight excluding hydrogens is 443 g/mol. The maximum Gasteiger partial charge on any atom is 0.289 e. The van der Waals surface area contributed by atoms with Crippen LogP contribution in [0.2, 0.25) is 0 Å². The minimum Gasteiger partial charge on any atom is -0.459 e. The SMILES string of the molecule is Cl.Cl.O=C1NC(N2CCN(C(=O)c3ccco3)CC2)=NC1=Cc1c[nH]c2ncccc12. The third-order valence-corrected chi connectivity index (χ3v) is 5.06. The number of hydrogen-bond acceptors (Lipinski definition) is 6. The van der Waals surface area contributed by atoms with Crippen LogP contribution in [0.3, 0.4) is 0 Å². The summed E-state index contributed by atoms with van der Waals surface area (Å²) in [5.74, 6) is 0.487. The maximum absolute atomic E-state index is 12.4. The Kier molecular flexibility index (Phi) is 6.67. The highest BCUT2D eigenvalue weighted by atomic mass is 35.5. The van der Waals surface area contributed by atoms with Crippen molar-refractivity contribution in [1.82, 2.24) is 25.1 Å². The number of pyridine rings is 1. The van der Waals surface area contributed by atoms with E-state index in [9.17, 15) is 9.59 Å². The molecule has 1 saturated heterocycles. The molecule has 0 unspecified atom stereocenters. The van der Waals surface area contributed by atoms with E-state index in [2.05, 4.69) is 20.3 Å². The highest BCUT2D eigenvalue weighted by molar-refractivity contribution is 6.14. The Hall–Kier alpha value is -3.30. The first-order valence-electron chi connectivity index (χ1n) is 9.30. The number of aliphatic imine (C=N–C) groups is 1. The number of carbonyl (C=O) groups excluding carboxylic acids is 2. The van der Waals surface area contributed by atoms with Crippen molar-refractivity contribution in [1.29, 1.82) is 0 Å². The molecular formula is C20H20Cl2N6O3. The molecule has 0 spiro atoms. The fraction of sp³-hybridized carbons (Fsp3) is 0.200. The summed E-state index contributed by atoms with van der Waals surface area (Å²) in [6.45, 7) is 2.22. The lowest BCUT2D eigenvalue weighted by Crippen LogP contribution is -2.53. The molecule has 162 valence electrons. The van der Waals surface area contributed by atoms with E-state index in [4.69, 9.17) is 4.42 Å². The van der Waals surface area contributed by atoms with Gasteiger partial charge in [-0.1, -0.05) is 0 Å². The third-order valence-electron chi connectivity index (χ3n) is 5.06. The number of rotatable bonds is 2. The van der Waals surface area contributed by atoms with Crippen molar-refractivity contribution in [3.05, 3.63) is 59.9 Å². The van der Waals surface area contributed by atoms with Gasteiger partial charge in [-0.2, -0.15) is 0 Å². The van der Waals surface area contributed by atoms with Gasteiger partial charge in [0.25, 0.3) is 11.8 Å². The van der Waals surface area contributed by atoms with Crippen LogP contribution in [0.15, 0.2) is 58.0 Å². The fourth-order valence-corrected chi connectivity index (χ4v) is 3.53. The molecule has 9 nitrogen and oxygen atoms in total. The number of aromatic nitrogens is 2. The molecule has 0 saturated carbocycles. The summed E-state index contributed by atoms with van der Waals surface area (Å²) in [7, 11) is 0. The van der Waals surface area contributed by atoms with Crippen LogP contribution in [0.5, 0.6) is 0 Å². The van der Waals surface area contributed by atoms with Crippen molar-refractivity contribution in [3.63, 3.8) is 0 Å². The number of aromatic amines is 1. The summed E-state index contributed by atoms with van der Waals surface area (Å²) < 4.78 is 5.18. The van der Waals surface area contributed by atoms with Crippen LogP contribution < -0.4 is 5.32 Å². The minimum absolute atomic E-state index is 0. The van der Waals surface area contributed by atoms with Crippen molar-refractivity contribution in [2.45, 2.75) is 0 Å². The van der Waals surface area contributed by atoms with Crippen molar-refractivity contribution in [2.24, 2.45) is 4.99 Å². The number of carbonyl (C=O) groups is 2. The molecule has 0 aromatic carbocycles. The molecule has 3 aromatic rings. The molecule has 5 rings (SSSR count). The number of piperazine rings is 1. The van der Waals surface area contributed by atoms with Crippen LogP contribution >= 0.6 is 24.8 Å². The predicted octanol–water partition coefficient (Wildman–Crippen LogP) is 2.28. The quantitative estimate of drug-likeness (QED) is 0.568. The molecule has 11 heteroatoms. The monoisotopic (exact) mass is 462 g/mol. The van der Waals surface area contributed by atoms with Gasteiger partial charge in [-0.15, -0.1) is 24.8 Å². The third kappa shape index (κ3) is 4.28. The zero-order valence-corrected chi connectivity index (χ0v) is 17.9. The standard InChI is InChI=1S/C20H18N6O3.2ClH/c27-18-15(11-13-12-22-17-14(13)3-1-5-21-17)23-20(24-18)26-8-6-25(7-9-26)19(28)16-4-2-10-29-16;;/h1-5,10-12H,6-9H2,(H,21,22)(H,23,24,27);2*1H. The van der Waals surface area contributed by atoms with Gasteiger partial charge in [-0.3, -0.25) is 14.9 Å². The summed E-state index contributed by atoms with van der Waals surface area (Å²) >= 11 is 0. The number of halogens is 2. The van der Waals surface area contributed by atoms with E-state index in [1.54, 1.807) is 29.3 Å². The van der Waals surface area contributed by atoms with Gasteiger partial charge in [0.1, 0.15) is 11.3 Å². The topological polar surface area (TPSA) is 107 Å². The van der Waals surface area contributed by atoms with E-state index in [1.807, 2.05) is 23.2 Å². The number of nitrogens with one attached hydrogen (secondary N) is 2. The van der Waals surface area contributed by atoms with Gasteiger partial charge in [0.15, 0.2) is 5.76 Å². The second-order valence-corrected chi connectivity index (χ2v) is 6.82. The lowest BCUT2D eigenvalue weighted by Gasteiger charge is -2.34. The number of fused-ring (bicyclic) bond motifs is 1. The molecule has 2 aliphatic heterocycles. The lowest BCUT2D eigenvalue weighted by atomic mass is 10.2. The molecule has 2 aliphatic rings. The van der Waals surface area contributed by atoms with Crippen LogP contribution in [0.4, 0.5) is 0 Å². The van der Waals surface area contributed by atoms with Crippen LogP contribution in [-0.2, 0) is 4.79 Å². The minimum atomic E-state index is -0.243. The second-order valence-electron chi connectivity index (χ2n) is 6.82. The smallest absolute Gasteiger partial charge is 0.289 e. The lowest BCUT2D eigenvalue weighted by molar-refractivity contribution is -0.115. The van der Waals surface area contributed by atoms with E-state index in [0.717, 1.165) is 16.6 Å². The average Bonchev–Trinajstić information content (AvgIpc) is 3.49. The van der Waals surface area contributed by atoms with E-state index in [-0.39, 0.29) is 36.6 Å². The van der Waals surface area contributed by atoms with Crippen LogP contribution in [-0.4, -0.2) is 63.7 Å². The Morgan fingerprint density at radius 2 is 1.94 bits per heavy atom. The molecule has 0 atom stereocenters. The number of nitrogens with zero attached hydrogens (tertiary/aromatic N) is 4. The van der Waals surface area contributed by atoms with Crippen LogP contribution in [0.25, 0.3) is 17.1 Å². The van der Waals surface area contributed by atoms with E-state index < -0.39 is 0 Å². The molecule has 31 heavy (non-hydrogen) atoms. The van der Waals surface area contributed by atoms with Gasteiger partial charge in [0, 0.05) is 49.5 Å². The first kappa shape index (κ1) is 22.4. The Bertz CT molecular complexity index is 1150. The van der Waals surface area contributed by atoms with E-state index in [1.165, 1.54) is 6.26 Å². The molecule has 0 bridgehead atoms. The van der Waals surface area contributed by atoms with Crippen LogP contribution in [0.1, 0.15) is 16.1 Å². The Labute approximate surface area is 190 Å². The highest BCUT2D eigenvalue weighted by Gasteiger charge is 2.29. The van der Waals surface area contributed by atoms with Crippen molar-refractivity contribution in [3.8, 4) is 0 Å². The normalized spacial score (nSPS) is 17.2. The van der Waals surface area contributed by atoms with Crippen molar-refractivity contribution < 1.29 is 14.0 Å². The van der Waals surface area contributed by atoms with Gasteiger partial charge in [0.2, 0.25) is 5.96 Å². The van der Waals surface area contributed by atoms with Gasteiger partial charge in [-0.05, 0) is 30.3 Å². The van der Waals surface area contributed by atoms with Crippen LogP contribution in [0, 0.1) is 0 Å². The molecule has 2 N–H and O–H groups in total. The summed E-state index contributed by atoms with van der Waals surface area (Å²) in [6, 6.07) is 7.15. The van der Waals surface area contributed by atoms with Crippen molar-refractivity contribution >= 4 is 59.7 Å². The molecule has 0 radical (unpaired) electrons. The molecule has 5 heterocycles. The van der Waals surface area contributed by atoms with E-state index in [0.29, 0.717) is 43.6 Å². The molecule has 2 amide bonds. The zero-order valence-electron chi connectivity index (χ0n) is 16.3. The summed E-state index contributed by atoms with van der Waals surface area (Å²) in [4.78, 5) is 40.3. The molecule has 0 aliphatic carbocycles. The predicted molar refractivity (Wildman–Crippen MR) is 120 cm³/mol. The Balaban J connectivity index is 0.00000136. The summed E-state index contributed by atoms with van der Waals surface area (Å²) in [5.41, 5.74) is 1.97. The summed E-state index contributed by atoms with van der Waals surface area (Å²) in [5, 5.41) is 3.76. The van der Waals surface area contributed by atoms with Gasteiger partial charge in [0.05, 0.1) is 6.26 Å².